The summed E-state index contributed by atoms with van der Waals surface area (Å²) in [6, 6.07) is 13.2. The molecule has 3 rings (SSSR count). The van der Waals surface area contributed by atoms with Crippen LogP contribution < -0.4 is 5.56 Å². The van der Waals surface area contributed by atoms with Gasteiger partial charge in [0.2, 0.25) is 5.28 Å². The fourth-order valence-electron chi connectivity index (χ4n) is 2.62. The van der Waals surface area contributed by atoms with Crippen LogP contribution in [0.1, 0.15) is 18.1 Å². The second-order valence-corrected chi connectivity index (χ2v) is 5.31. The largest absolute Gasteiger partial charge is 0.268 e. The third kappa shape index (κ3) is 2.24. The molecule has 0 bridgehead atoms. The zero-order valence-corrected chi connectivity index (χ0v) is 12.7. The van der Waals surface area contributed by atoms with Crippen LogP contribution in [0.4, 0.5) is 0 Å². The summed E-state index contributed by atoms with van der Waals surface area (Å²) in [4.78, 5) is 17.2. The number of aromatic nitrogens is 2. The van der Waals surface area contributed by atoms with Crippen molar-refractivity contribution in [1.82, 2.24) is 9.55 Å². The highest BCUT2D eigenvalue weighted by atomic mass is 35.5. The standard InChI is InChI=1S/C17H15ClN2O/c1-3-12-8-6-7-11(2)15(12)20-16(21)13-9-4-5-10-14(13)19-17(20)18/h4-10H,3H2,1-2H3. The molecule has 21 heavy (non-hydrogen) atoms. The Bertz CT molecular complexity index is 884. The van der Waals surface area contributed by atoms with Gasteiger partial charge in [-0.05, 0) is 48.2 Å². The van der Waals surface area contributed by atoms with E-state index in [0.717, 1.165) is 23.2 Å². The van der Waals surface area contributed by atoms with Crippen LogP contribution in [0.2, 0.25) is 5.28 Å². The van der Waals surface area contributed by atoms with Crippen LogP contribution in [0.15, 0.2) is 47.3 Å². The fraction of sp³-hybridized carbons (Fsp3) is 0.176. The Morgan fingerprint density at radius 3 is 2.67 bits per heavy atom. The third-order valence-corrected chi connectivity index (χ3v) is 3.91. The molecule has 0 N–H and O–H groups in total. The number of benzene rings is 2. The van der Waals surface area contributed by atoms with E-state index in [1.807, 2.05) is 37.3 Å². The van der Waals surface area contributed by atoms with Crippen molar-refractivity contribution < 1.29 is 0 Å². The molecule has 1 aromatic heterocycles. The molecular weight excluding hydrogens is 284 g/mol. The van der Waals surface area contributed by atoms with Crippen LogP contribution in [-0.2, 0) is 6.42 Å². The number of halogens is 1. The fourth-order valence-corrected chi connectivity index (χ4v) is 2.88. The minimum absolute atomic E-state index is 0.130. The van der Waals surface area contributed by atoms with Crippen LogP contribution in [0.25, 0.3) is 16.6 Å². The summed E-state index contributed by atoms with van der Waals surface area (Å²) >= 11 is 6.30. The number of rotatable bonds is 2. The molecule has 1 heterocycles. The summed E-state index contributed by atoms with van der Waals surface area (Å²) < 4.78 is 1.51. The van der Waals surface area contributed by atoms with Gasteiger partial charge in [-0.1, -0.05) is 37.3 Å². The number of hydrogen-bond donors (Lipinski definition) is 0. The molecule has 0 aliphatic carbocycles. The van der Waals surface area contributed by atoms with Crippen molar-refractivity contribution in [2.45, 2.75) is 20.3 Å². The van der Waals surface area contributed by atoms with E-state index in [9.17, 15) is 4.79 Å². The van der Waals surface area contributed by atoms with Gasteiger partial charge in [-0.2, -0.15) is 0 Å². The van der Waals surface area contributed by atoms with E-state index in [1.54, 1.807) is 12.1 Å². The van der Waals surface area contributed by atoms with Crippen molar-refractivity contribution in [2.75, 3.05) is 0 Å². The maximum Gasteiger partial charge on any atom is 0.266 e. The van der Waals surface area contributed by atoms with Gasteiger partial charge >= 0.3 is 0 Å². The van der Waals surface area contributed by atoms with Gasteiger partial charge in [0.15, 0.2) is 0 Å². The van der Waals surface area contributed by atoms with Gasteiger partial charge in [-0.3, -0.25) is 9.36 Å². The van der Waals surface area contributed by atoms with Crippen molar-refractivity contribution in [1.29, 1.82) is 0 Å². The first kappa shape index (κ1) is 13.8. The highest BCUT2D eigenvalue weighted by Gasteiger charge is 2.15. The molecule has 0 saturated heterocycles. The zero-order valence-electron chi connectivity index (χ0n) is 11.9. The highest BCUT2D eigenvalue weighted by molar-refractivity contribution is 6.29. The lowest BCUT2D eigenvalue weighted by Crippen LogP contribution is -2.22. The molecule has 3 aromatic rings. The normalized spacial score (nSPS) is 11.0. The topological polar surface area (TPSA) is 34.9 Å². The van der Waals surface area contributed by atoms with Gasteiger partial charge in [0.1, 0.15) is 0 Å². The summed E-state index contributed by atoms with van der Waals surface area (Å²) in [6.07, 6.45) is 0.826. The van der Waals surface area contributed by atoms with Gasteiger partial charge in [0.25, 0.3) is 5.56 Å². The summed E-state index contributed by atoms with van der Waals surface area (Å²) in [5, 5.41) is 0.773. The third-order valence-electron chi connectivity index (χ3n) is 3.66. The average molecular weight is 299 g/mol. The molecule has 0 radical (unpaired) electrons. The molecule has 106 valence electrons. The smallest absolute Gasteiger partial charge is 0.266 e. The first-order valence-electron chi connectivity index (χ1n) is 6.89. The molecule has 0 amide bonds. The molecule has 0 atom stereocenters. The van der Waals surface area contributed by atoms with Crippen molar-refractivity contribution in [2.24, 2.45) is 0 Å². The van der Waals surface area contributed by atoms with Gasteiger partial charge in [0.05, 0.1) is 16.6 Å². The summed E-state index contributed by atoms with van der Waals surface area (Å²) in [6.45, 7) is 4.04. The van der Waals surface area contributed by atoms with E-state index in [-0.39, 0.29) is 10.8 Å². The van der Waals surface area contributed by atoms with Crippen molar-refractivity contribution in [3.05, 3.63) is 69.2 Å². The molecule has 2 aromatic carbocycles. The van der Waals surface area contributed by atoms with E-state index in [4.69, 9.17) is 11.6 Å². The van der Waals surface area contributed by atoms with Crippen LogP contribution in [0, 0.1) is 6.92 Å². The maximum absolute atomic E-state index is 12.8. The Hall–Kier alpha value is -2.13. The molecule has 0 spiro atoms. The van der Waals surface area contributed by atoms with E-state index in [2.05, 4.69) is 11.9 Å². The first-order valence-corrected chi connectivity index (χ1v) is 7.27. The molecule has 0 saturated carbocycles. The Morgan fingerprint density at radius 1 is 1.14 bits per heavy atom. The van der Waals surface area contributed by atoms with Gasteiger partial charge in [0, 0.05) is 0 Å². The first-order chi connectivity index (χ1) is 10.1. The molecular formula is C17H15ClN2O. The van der Waals surface area contributed by atoms with Crippen LogP contribution >= 0.6 is 11.6 Å². The molecule has 3 nitrogen and oxygen atoms in total. The van der Waals surface area contributed by atoms with E-state index in [0.29, 0.717) is 10.9 Å². The lowest BCUT2D eigenvalue weighted by atomic mass is 10.1. The lowest BCUT2D eigenvalue weighted by Gasteiger charge is -2.15. The second-order valence-electron chi connectivity index (χ2n) is 4.97. The van der Waals surface area contributed by atoms with E-state index < -0.39 is 0 Å². The summed E-state index contributed by atoms with van der Waals surface area (Å²) in [7, 11) is 0. The second kappa shape index (κ2) is 5.34. The van der Waals surface area contributed by atoms with Crippen molar-refractivity contribution in [3.8, 4) is 5.69 Å². The van der Waals surface area contributed by atoms with Gasteiger partial charge in [-0.25, -0.2) is 4.98 Å². The quantitative estimate of drug-likeness (QED) is 0.672. The molecule has 0 aliphatic heterocycles. The molecule has 4 heteroatoms. The van der Waals surface area contributed by atoms with Crippen LogP contribution in [0.5, 0.6) is 0 Å². The summed E-state index contributed by atoms with van der Waals surface area (Å²) in [5.41, 5.74) is 3.42. The van der Waals surface area contributed by atoms with Crippen LogP contribution in [0.3, 0.4) is 0 Å². The van der Waals surface area contributed by atoms with Gasteiger partial charge in [-0.15, -0.1) is 0 Å². The Morgan fingerprint density at radius 2 is 1.90 bits per heavy atom. The molecule has 0 fully saturated rings. The monoisotopic (exact) mass is 298 g/mol. The number of aryl methyl sites for hydroxylation is 2. The van der Waals surface area contributed by atoms with Crippen molar-refractivity contribution >= 4 is 22.5 Å². The molecule has 0 unspecified atom stereocenters. The zero-order chi connectivity index (χ0) is 15.0. The SMILES string of the molecule is CCc1cccc(C)c1-n1c(Cl)nc2ccccc2c1=O. The summed E-state index contributed by atoms with van der Waals surface area (Å²) in [5.74, 6) is 0. The number of para-hydroxylation sites is 2. The predicted octanol–water partition coefficient (Wildman–Crippen LogP) is 3.91. The molecule has 0 aliphatic rings. The highest BCUT2D eigenvalue weighted by Crippen LogP contribution is 2.23. The maximum atomic E-state index is 12.8. The number of nitrogens with zero attached hydrogens (tertiary/aromatic N) is 2. The van der Waals surface area contributed by atoms with E-state index >= 15 is 0 Å². The Kier molecular flexibility index (Phi) is 3.52. The number of fused-ring (bicyclic) bond motifs is 1. The minimum Gasteiger partial charge on any atom is -0.268 e. The van der Waals surface area contributed by atoms with Crippen LogP contribution in [-0.4, -0.2) is 9.55 Å². The Labute approximate surface area is 127 Å². The number of hydrogen-bond acceptors (Lipinski definition) is 2. The lowest BCUT2D eigenvalue weighted by molar-refractivity contribution is 0.926. The predicted molar refractivity (Wildman–Crippen MR) is 86.5 cm³/mol. The average Bonchev–Trinajstić information content (AvgIpc) is 2.48. The Balaban J connectivity index is 2.44. The van der Waals surface area contributed by atoms with Gasteiger partial charge < -0.3 is 0 Å². The van der Waals surface area contributed by atoms with E-state index in [1.165, 1.54) is 4.57 Å². The minimum atomic E-state index is -0.130. The van der Waals surface area contributed by atoms with Crippen molar-refractivity contribution in [3.63, 3.8) is 0 Å².